The van der Waals surface area contributed by atoms with E-state index in [-0.39, 0.29) is 0 Å². The third-order valence-electron chi connectivity index (χ3n) is 3.24. The van der Waals surface area contributed by atoms with Gasteiger partial charge in [0.05, 0.1) is 6.20 Å². The van der Waals surface area contributed by atoms with Crippen LogP contribution in [-0.2, 0) is 0 Å². The molecule has 0 atom stereocenters. The van der Waals surface area contributed by atoms with Crippen molar-refractivity contribution in [1.29, 1.82) is 0 Å². The molecule has 15 heavy (non-hydrogen) atoms. The summed E-state index contributed by atoms with van der Waals surface area (Å²) < 4.78 is 5.36. The summed E-state index contributed by atoms with van der Waals surface area (Å²) in [6.07, 6.45) is 5.74. The Morgan fingerprint density at radius 1 is 1.33 bits per heavy atom. The second-order valence-electron chi connectivity index (χ2n) is 5.30. The van der Waals surface area contributed by atoms with Gasteiger partial charge in [-0.1, -0.05) is 0 Å². The van der Waals surface area contributed by atoms with Gasteiger partial charge in [-0.2, -0.15) is 0 Å². The second-order valence-corrected chi connectivity index (χ2v) is 5.30. The van der Waals surface area contributed by atoms with Crippen LogP contribution in [0.15, 0.2) is 16.9 Å². The van der Waals surface area contributed by atoms with Gasteiger partial charge in [-0.3, -0.25) is 4.90 Å². The molecular formula is C12H20N2O. The largest absolute Gasteiger partial charge is 0.449 e. The smallest absolute Gasteiger partial charge is 0.197 e. The maximum Gasteiger partial charge on any atom is 0.197 e. The summed E-state index contributed by atoms with van der Waals surface area (Å²) >= 11 is 0. The Balaban J connectivity index is 1.93. The van der Waals surface area contributed by atoms with E-state index in [1.165, 1.54) is 0 Å². The molecular weight excluding hydrogens is 188 g/mol. The highest BCUT2D eigenvalue weighted by Gasteiger charge is 2.29. The topological polar surface area (TPSA) is 29.3 Å². The van der Waals surface area contributed by atoms with E-state index >= 15 is 0 Å². The van der Waals surface area contributed by atoms with Crippen LogP contribution in [0.3, 0.4) is 0 Å². The Morgan fingerprint density at radius 2 is 2.00 bits per heavy atom. The van der Waals surface area contributed by atoms with Crippen molar-refractivity contribution < 1.29 is 4.42 Å². The fourth-order valence-corrected chi connectivity index (χ4v) is 2.23. The van der Waals surface area contributed by atoms with E-state index in [4.69, 9.17) is 4.42 Å². The lowest BCUT2D eigenvalue weighted by Gasteiger charge is -2.40. The molecule has 0 spiro atoms. The molecule has 0 aromatic carbocycles. The molecule has 0 bridgehead atoms. The molecule has 1 aliphatic rings. The van der Waals surface area contributed by atoms with Crippen LogP contribution in [0.25, 0.3) is 0 Å². The summed E-state index contributed by atoms with van der Waals surface area (Å²) in [6.45, 7) is 9.13. The van der Waals surface area contributed by atoms with Gasteiger partial charge in [-0.25, -0.2) is 4.98 Å². The quantitative estimate of drug-likeness (QED) is 0.710. The number of nitrogens with zero attached hydrogens (tertiary/aromatic N) is 2. The predicted molar refractivity (Wildman–Crippen MR) is 59.8 cm³/mol. The average molecular weight is 208 g/mol. The van der Waals surface area contributed by atoms with Gasteiger partial charge in [-0.15, -0.1) is 0 Å². The van der Waals surface area contributed by atoms with E-state index in [1.54, 1.807) is 12.5 Å². The van der Waals surface area contributed by atoms with Crippen molar-refractivity contribution in [3.05, 3.63) is 18.4 Å². The maximum absolute atomic E-state index is 5.36. The zero-order valence-corrected chi connectivity index (χ0v) is 9.86. The first kappa shape index (κ1) is 10.7. The first-order valence-electron chi connectivity index (χ1n) is 5.72. The van der Waals surface area contributed by atoms with Gasteiger partial charge in [0.25, 0.3) is 0 Å². The fraction of sp³-hybridized carbons (Fsp3) is 0.750. The van der Waals surface area contributed by atoms with Crippen molar-refractivity contribution in [2.24, 2.45) is 0 Å². The Labute approximate surface area is 91.5 Å². The van der Waals surface area contributed by atoms with E-state index in [0.717, 1.165) is 31.8 Å². The minimum absolute atomic E-state index is 0.293. The number of hydrogen-bond acceptors (Lipinski definition) is 3. The predicted octanol–water partition coefficient (Wildman–Crippen LogP) is 2.65. The third kappa shape index (κ3) is 2.40. The minimum atomic E-state index is 0.293. The number of oxazole rings is 1. The van der Waals surface area contributed by atoms with Gasteiger partial charge in [0, 0.05) is 11.5 Å². The molecule has 2 heterocycles. The van der Waals surface area contributed by atoms with Crippen LogP contribution in [0.1, 0.15) is 45.4 Å². The van der Waals surface area contributed by atoms with E-state index in [1.807, 2.05) is 0 Å². The third-order valence-corrected chi connectivity index (χ3v) is 3.24. The molecule has 0 amide bonds. The summed E-state index contributed by atoms with van der Waals surface area (Å²) in [4.78, 5) is 6.78. The molecule has 0 unspecified atom stereocenters. The van der Waals surface area contributed by atoms with Crippen LogP contribution >= 0.6 is 0 Å². The summed E-state index contributed by atoms with van der Waals surface area (Å²) in [5, 5.41) is 0. The van der Waals surface area contributed by atoms with Crippen LogP contribution in [0.4, 0.5) is 0 Å². The highest BCUT2D eigenvalue weighted by molar-refractivity contribution is 4.96. The van der Waals surface area contributed by atoms with Gasteiger partial charge in [0.2, 0.25) is 0 Å². The SMILES string of the molecule is CC(C)(C)N1CCC(c2ncco2)CC1. The molecule has 1 fully saturated rings. The Kier molecular flexibility index (Phi) is 2.83. The van der Waals surface area contributed by atoms with Gasteiger partial charge < -0.3 is 4.42 Å². The lowest BCUT2D eigenvalue weighted by atomic mass is 9.93. The molecule has 84 valence electrons. The van der Waals surface area contributed by atoms with E-state index in [0.29, 0.717) is 11.5 Å². The fourth-order valence-electron chi connectivity index (χ4n) is 2.23. The number of rotatable bonds is 1. The lowest BCUT2D eigenvalue weighted by Crippen LogP contribution is -2.45. The molecule has 0 N–H and O–H groups in total. The monoisotopic (exact) mass is 208 g/mol. The summed E-state index contributed by atoms with van der Waals surface area (Å²) in [5.41, 5.74) is 0.293. The van der Waals surface area contributed by atoms with Crippen molar-refractivity contribution in [2.75, 3.05) is 13.1 Å². The van der Waals surface area contributed by atoms with Crippen LogP contribution in [0.2, 0.25) is 0 Å². The van der Waals surface area contributed by atoms with Crippen molar-refractivity contribution in [1.82, 2.24) is 9.88 Å². The van der Waals surface area contributed by atoms with Gasteiger partial charge in [-0.05, 0) is 46.7 Å². The van der Waals surface area contributed by atoms with Crippen molar-refractivity contribution >= 4 is 0 Å². The average Bonchev–Trinajstić information content (AvgIpc) is 2.69. The van der Waals surface area contributed by atoms with Gasteiger partial charge >= 0.3 is 0 Å². The first-order valence-corrected chi connectivity index (χ1v) is 5.72. The van der Waals surface area contributed by atoms with Crippen LogP contribution in [0, 0.1) is 0 Å². The normalized spacial score (nSPS) is 20.7. The van der Waals surface area contributed by atoms with E-state index in [9.17, 15) is 0 Å². The molecule has 3 nitrogen and oxygen atoms in total. The number of piperidine rings is 1. The molecule has 3 heteroatoms. The highest BCUT2D eigenvalue weighted by Crippen LogP contribution is 2.29. The van der Waals surface area contributed by atoms with Gasteiger partial charge in [0.1, 0.15) is 6.26 Å². The van der Waals surface area contributed by atoms with Crippen molar-refractivity contribution in [3.8, 4) is 0 Å². The van der Waals surface area contributed by atoms with Crippen molar-refractivity contribution in [3.63, 3.8) is 0 Å². The summed E-state index contributed by atoms with van der Waals surface area (Å²) in [7, 11) is 0. The highest BCUT2D eigenvalue weighted by atomic mass is 16.3. The maximum atomic E-state index is 5.36. The molecule has 1 aromatic heterocycles. The van der Waals surface area contributed by atoms with Crippen LogP contribution in [-0.4, -0.2) is 28.5 Å². The number of aromatic nitrogens is 1. The minimum Gasteiger partial charge on any atom is -0.449 e. The Hall–Kier alpha value is -0.830. The molecule has 0 saturated carbocycles. The lowest BCUT2D eigenvalue weighted by molar-refractivity contribution is 0.0974. The van der Waals surface area contributed by atoms with Crippen molar-refractivity contribution in [2.45, 2.75) is 45.1 Å². The molecule has 0 aliphatic carbocycles. The first-order chi connectivity index (χ1) is 7.07. The van der Waals surface area contributed by atoms with E-state index in [2.05, 4.69) is 30.7 Å². The number of hydrogen-bond donors (Lipinski definition) is 0. The molecule has 1 aromatic rings. The molecule has 0 radical (unpaired) electrons. The zero-order chi connectivity index (χ0) is 10.9. The van der Waals surface area contributed by atoms with Gasteiger partial charge in [0.15, 0.2) is 5.89 Å². The zero-order valence-electron chi connectivity index (χ0n) is 9.86. The number of likely N-dealkylation sites (tertiary alicyclic amines) is 1. The molecule has 1 aliphatic heterocycles. The second kappa shape index (κ2) is 3.97. The van der Waals surface area contributed by atoms with E-state index < -0.39 is 0 Å². The Morgan fingerprint density at radius 3 is 2.47 bits per heavy atom. The standard InChI is InChI=1S/C12H20N2O/c1-12(2,3)14-7-4-10(5-8-14)11-13-6-9-15-11/h6,9-10H,4-5,7-8H2,1-3H3. The Bertz CT molecular complexity index is 292. The summed E-state index contributed by atoms with van der Waals surface area (Å²) in [6, 6.07) is 0. The van der Waals surface area contributed by atoms with Crippen LogP contribution in [0.5, 0.6) is 0 Å². The molecule has 2 rings (SSSR count). The van der Waals surface area contributed by atoms with Crippen LogP contribution < -0.4 is 0 Å². The molecule has 1 saturated heterocycles. The summed E-state index contributed by atoms with van der Waals surface area (Å²) in [5.74, 6) is 1.45.